The Morgan fingerprint density at radius 1 is 1.33 bits per heavy atom. The largest absolute Gasteiger partial charge is 0.450 e. The van der Waals surface area contributed by atoms with E-state index in [2.05, 4.69) is 15.4 Å². The minimum Gasteiger partial charge on any atom is -0.450 e. The molecular weight excluding hydrogens is 302 g/mol. The van der Waals surface area contributed by atoms with Crippen LogP contribution in [-0.2, 0) is 4.74 Å². The number of hydrogen-bond acceptors (Lipinski definition) is 5. The van der Waals surface area contributed by atoms with Gasteiger partial charge in [-0.05, 0) is 13.0 Å². The molecule has 8 nitrogen and oxygen atoms in total. The average molecular weight is 316 g/mol. The summed E-state index contributed by atoms with van der Waals surface area (Å²) >= 11 is 5.83. The number of carbonyl (C=O) groups excluding carboxylic acids is 2. The second kappa shape index (κ2) is 8.05. The Bertz CT molecular complexity index is 550. The molecule has 1 aromatic rings. The Hall–Kier alpha value is -2.35. The van der Waals surface area contributed by atoms with Crippen molar-refractivity contribution in [3.63, 3.8) is 0 Å². The molecule has 0 fully saturated rings. The number of nitrogens with one attached hydrogen (secondary N) is 2. The molecule has 1 rings (SSSR count). The predicted octanol–water partition coefficient (Wildman–Crippen LogP) is 1.72. The highest BCUT2D eigenvalue weighted by Gasteiger charge is 2.15. The van der Waals surface area contributed by atoms with Gasteiger partial charge in [0, 0.05) is 25.2 Å². The van der Waals surface area contributed by atoms with Crippen molar-refractivity contribution < 1.29 is 19.2 Å². The van der Waals surface area contributed by atoms with Crippen molar-refractivity contribution in [3.05, 3.63) is 38.9 Å². The van der Waals surface area contributed by atoms with Gasteiger partial charge < -0.3 is 15.4 Å². The fraction of sp³-hybridized carbons (Fsp3) is 0.333. The number of nitro benzene ring substituents is 1. The third-order valence-electron chi connectivity index (χ3n) is 2.36. The van der Waals surface area contributed by atoms with E-state index in [1.54, 1.807) is 6.92 Å². The third-order valence-corrected chi connectivity index (χ3v) is 2.69. The monoisotopic (exact) mass is 315 g/mol. The van der Waals surface area contributed by atoms with Crippen LogP contribution in [0.5, 0.6) is 0 Å². The Morgan fingerprint density at radius 3 is 2.62 bits per heavy atom. The molecule has 0 bridgehead atoms. The van der Waals surface area contributed by atoms with Gasteiger partial charge in [-0.2, -0.15) is 0 Å². The van der Waals surface area contributed by atoms with Crippen LogP contribution in [0.25, 0.3) is 0 Å². The van der Waals surface area contributed by atoms with Crippen LogP contribution in [-0.4, -0.2) is 36.6 Å². The molecule has 21 heavy (non-hydrogen) atoms. The zero-order valence-corrected chi connectivity index (χ0v) is 12.0. The summed E-state index contributed by atoms with van der Waals surface area (Å²) in [4.78, 5) is 32.9. The molecule has 9 heteroatoms. The first kappa shape index (κ1) is 16.7. The van der Waals surface area contributed by atoms with Gasteiger partial charge in [-0.15, -0.1) is 0 Å². The number of halogens is 1. The molecular formula is C12H14ClN3O5. The van der Waals surface area contributed by atoms with Crippen molar-refractivity contribution in [2.24, 2.45) is 0 Å². The van der Waals surface area contributed by atoms with Gasteiger partial charge in [-0.25, -0.2) is 4.79 Å². The Morgan fingerprint density at radius 2 is 2.00 bits per heavy atom. The predicted molar refractivity (Wildman–Crippen MR) is 75.5 cm³/mol. The lowest BCUT2D eigenvalue weighted by molar-refractivity contribution is -0.384. The number of nitrogens with zero attached hydrogens (tertiary/aromatic N) is 1. The van der Waals surface area contributed by atoms with Crippen LogP contribution in [0.15, 0.2) is 18.2 Å². The second-order valence-electron chi connectivity index (χ2n) is 3.82. The lowest BCUT2D eigenvalue weighted by atomic mass is 10.2. The van der Waals surface area contributed by atoms with Crippen LogP contribution in [0.1, 0.15) is 17.3 Å². The van der Waals surface area contributed by atoms with Crippen LogP contribution in [0, 0.1) is 10.1 Å². The van der Waals surface area contributed by atoms with Gasteiger partial charge in [0.25, 0.3) is 11.6 Å². The fourth-order valence-electron chi connectivity index (χ4n) is 1.42. The number of hydrogen-bond donors (Lipinski definition) is 2. The molecule has 0 radical (unpaired) electrons. The summed E-state index contributed by atoms with van der Waals surface area (Å²) in [5, 5.41) is 15.7. The van der Waals surface area contributed by atoms with Gasteiger partial charge in [-0.1, -0.05) is 11.6 Å². The van der Waals surface area contributed by atoms with E-state index in [0.717, 1.165) is 6.07 Å². The van der Waals surface area contributed by atoms with Crippen molar-refractivity contribution in [3.8, 4) is 0 Å². The summed E-state index contributed by atoms with van der Waals surface area (Å²) in [5.74, 6) is -0.561. The molecule has 2 N–H and O–H groups in total. The van der Waals surface area contributed by atoms with Crippen LogP contribution < -0.4 is 10.6 Å². The summed E-state index contributed by atoms with van der Waals surface area (Å²) in [6, 6.07) is 3.59. The average Bonchev–Trinajstić information content (AvgIpc) is 2.44. The van der Waals surface area contributed by atoms with E-state index in [1.165, 1.54) is 12.1 Å². The molecule has 0 aliphatic carbocycles. The van der Waals surface area contributed by atoms with Crippen molar-refractivity contribution in [2.75, 3.05) is 19.7 Å². The summed E-state index contributed by atoms with van der Waals surface area (Å²) in [6.07, 6.45) is -0.583. The molecule has 0 aromatic heterocycles. The first-order valence-electron chi connectivity index (χ1n) is 6.08. The second-order valence-corrected chi connectivity index (χ2v) is 4.23. The first-order chi connectivity index (χ1) is 9.95. The van der Waals surface area contributed by atoms with E-state index in [0.29, 0.717) is 0 Å². The Balaban J connectivity index is 2.54. The number of ether oxygens (including phenoxy) is 1. The van der Waals surface area contributed by atoms with E-state index >= 15 is 0 Å². The van der Waals surface area contributed by atoms with Crippen molar-refractivity contribution in [1.29, 1.82) is 0 Å². The smallest absolute Gasteiger partial charge is 0.407 e. The van der Waals surface area contributed by atoms with E-state index in [-0.39, 0.29) is 36.0 Å². The highest BCUT2D eigenvalue weighted by Crippen LogP contribution is 2.21. The number of benzene rings is 1. The Kier molecular flexibility index (Phi) is 6.41. The summed E-state index contributed by atoms with van der Waals surface area (Å²) in [6.45, 7) is 2.22. The van der Waals surface area contributed by atoms with Gasteiger partial charge in [0.15, 0.2) is 0 Å². The van der Waals surface area contributed by atoms with Crippen molar-refractivity contribution in [2.45, 2.75) is 6.92 Å². The van der Waals surface area contributed by atoms with E-state index < -0.39 is 16.9 Å². The summed E-state index contributed by atoms with van der Waals surface area (Å²) in [5.41, 5.74) is -0.226. The number of alkyl carbamates (subject to hydrolysis) is 1. The van der Waals surface area contributed by atoms with E-state index in [9.17, 15) is 19.7 Å². The number of amides is 2. The van der Waals surface area contributed by atoms with E-state index in [1.807, 2.05) is 0 Å². The number of rotatable bonds is 6. The van der Waals surface area contributed by atoms with Crippen LogP contribution >= 0.6 is 11.6 Å². The normalized spacial score (nSPS) is 9.81. The minimum atomic E-state index is -0.616. The number of nitro groups is 1. The van der Waals surface area contributed by atoms with Crippen molar-refractivity contribution in [1.82, 2.24) is 10.6 Å². The third kappa shape index (κ3) is 5.27. The lowest BCUT2D eigenvalue weighted by Gasteiger charge is -2.08. The maximum Gasteiger partial charge on any atom is 0.407 e. The van der Waals surface area contributed by atoms with Gasteiger partial charge in [0.05, 0.1) is 22.1 Å². The molecule has 0 aliphatic heterocycles. The molecule has 0 saturated carbocycles. The van der Waals surface area contributed by atoms with E-state index in [4.69, 9.17) is 11.6 Å². The quantitative estimate of drug-likeness (QED) is 0.472. The number of carbonyl (C=O) groups is 2. The molecule has 2 amide bonds. The zero-order valence-electron chi connectivity index (χ0n) is 11.2. The topological polar surface area (TPSA) is 111 Å². The van der Waals surface area contributed by atoms with Gasteiger partial charge in [-0.3, -0.25) is 14.9 Å². The summed E-state index contributed by atoms with van der Waals surface area (Å²) in [7, 11) is 0. The van der Waals surface area contributed by atoms with Crippen molar-refractivity contribution >= 4 is 29.3 Å². The molecule has 0 saturated heterocycles. The number of non-ortho nitro benzene ring substituents is 1. The maximum absolute atomic E-state index is 11.8. The molecule has 0 aliphatic rings. The Labute approximate surface area is 125 Å². The first-order valence-corrected chi connectivity index (χ1v) is 6.46. The molecule has 0 unspecified atom stereocenters. The van der Waals surface area contributed by atoms with Crippen LogP contribution in [0.3, 0.4) is 0 Å². The van der Waals surface area contributed by atoms with Crippen LogP contribution in [0.4, 0.5) is 10.5 Å². The van der Waals surface area contributed by atoms with Gasteiger partial charge in [0.2, 0.25) is 0 Å². The molecule has 0 heterocycles. The van der Waals surface area contributed by atoms with Gasteiger partial charge >= 0.3 is 6.09 Å². The lowest BCUT2D eigenvalue weighted by Crippen LogP contribution is -2.35. The standard InChI is InChI=1S/C12H14ClN3O5/c1-2-21-12(18)15-6-5-14-11(17)9-7-8(16(19)20)3-4-10(9)13/h3-4,7H,2,5-6H2,1H3,(H,14,17)(H,15,18). The summed E-state index contributed by atoms with van der Waals surface area (Å²) < 4.78 is 4.64. The highest BCUT2D eigenvalue weighted by molar-refractivity contribution is 6.33. The fourth-order valence-corrected chi connectivity index (χ4v) is 1.62. The van der Waals surface area contributed by atoms with Gasteiger partial charge in [0.1, 0.15) is 0 Å². The molecule has 1 aromatic carbocycles. The zero-order chi connectivity index (χ0) is 15.8. The highest BCUT2D eigenvalue weighted by atomic mass is 35.5. The molecule has 114 valence electrons. The minimum absolute atomic E-state index is 0.00185. The SMILES string of the molecule is CCOC(=O)NCCNC(=O)c1cc([N+](=O)[O-])ccc1Cl. The molecule has 0 atom stereocenters. The maximum atomic E-state index is 11.8. The molecule has 0 spiro atoms. The van der Waals surface area contributed by atoms with Crippen LogP contribution in [0.2, 0.25) is 5.02 Å².